The van der Waals surface area contributed by atoms with Crippen LogP contribution in [0.1, 0.15) is 12.0 Å². The van der Waals surface area contributed by atoms with Crippen LogP contribution in [-0.4, -0.2) is 29.2 Å². The molecule has 6 rings (SSSR count). The molecule has 2 bridgehead atoms. The third-order valence-corrected chi connectivity index (χ3v) is 7.01. The predicted molar refractivity (Wildman–Crippen MR) is 96.2 cm³/mol. The number of hydrogen-bond acceptors (Lipinski definition) is 3. The minimum atomic E-state index is -0.374. The lowest BCUT2D eigenvalue weighted by Crippen LogP contribution is -2.40. The maximum atomic E-state index is 12.9. The number of amides is 3. The number of benzene rings is 1. The normalized spacial score (nSPS) is 36.2. The lowest BCUT2D eigenvalue weighted by Gasteiger charge is -2.37. The number of carbonyl (C=O) groups is 3. The lowest BCUT2D eigenvalue weighted by atomic mass is 9.63. The fourth-order valence-corrected chi connectivity index (χ4v) is 5.43. The second-order valence-electron chi connectivity index (χ2n) is 7.88. The Balaban J connectivity index is 1.34. The molecule has 1 N–H and O–H groups in total. The van der Waals surface area contributed by atoms with Crippen LogP contribution in [-0.2, 0) is 14.4 Å². The average molecular weight is 371 g/mol. The van der Waals surface area contributed by atoms with Crippen molar-refractivity contribution in [3.63, 3.8) is 0 Å². The molecule has 1 aromatic rings. The number of allylic oxidation sites excluding steroid dienone is 2. The van der Waals surface area contributed by atoms with Crippen LogP contribution in [0.4, 0.5) is 5.69 Å². The van der Waals surface area contributed by atoms with Crippen molar-refractivity contribution in [1.82, 2.24) is 4.90 Å². The van der Waals surface area contributed by atoms with Crippen molar-refractivity contribution in [3.05, 3.63) is 40.9 Å². The first-order chi connectivity index (χ1) is 12.5. The van der Waals surface area contributed by atoms with Crippen molar-refractivity contribution in [2.75, 3.05) is 11.9 Å². The molecule has 0 radical (unpaired) electrons. The Kier molecular flexibility index (Phi) is 3.35. The standard InChI is InChI=1S/C20H19ClN2O3/c1-9-14(21)3-2-4-15(9)22-16(24)8-23-19(25)17-10-5-6-11(13-7-12(10)13)18(17)20(23)26/h2-6,10-13,17-18H,7-8H2,1H3,(H,22,24)/t10-,11-,12-,13-,17-,18+/m1/s1. The van der Waals surface area contributed by atoms with Crippen LogP contribution < -0.4 is 5.32 Å². The molecule has 0 unspecified atom stereocenters. The van der Waals surface area contributed by atoms with Crippen molar-refractivity contribution in [2.24, 2.45) is 35.5 Å². The molecular formula is C20H19ClN2O3. The summed E-state index contributed by atoms with van der Waals surface area (Å²) in [7, 11) is 0. The zero-order valence-electron chi connectivity index (χ0n) is 14.3. The van der Waals surface area contributed by atoms with Gasteiger partial charge in [-0.05, 0) is 54.7 Å². The molecule has 5 nitrogen and oxygen atoms in total. The zero-order chi connectivity index (χ0) is 18.2. The van der Waals surface area contributed by atoms with Crippen molar-refractivity contribution >= 4 is 35.0 Å². The van der Waals surface area contributed by atoms with Crippen molar-refractivity contribution in [3.8, 4) is 0 Å². The van der Waals surface area contributed by atoms with E-state index in [1.54, 1.807) is 18.2 Å². The van der Waals surface area contributed by atoms with Crippen LogP contribution >= 0.6 is 11.6 Å². The van der Waals surface area contributed by atoms with Crippen LogP contribution in [0.15, 0.2) is 30.4 Å². The van der Waals surface area contributed by atoms with Gasteiger partial charge in [0.2, 0.25) is 17.7 Å². The minimum absolute atomic E-state index is 0.176. The van der Waals surface area contributed by atoms with E-state index >= 15 is 0 Å². The number of rotatable bonds is 3. The molecule has 1 saturated heterocycles. The molecule has 3 amide bonds. The number of halogens is 1. The van der Waals surface area contributed by atoms with Crippen molar-refractivity contribution in [1.29, 1.82) is 0 Å². The van der Waals surface area contributed by atoms with Gasteiger partial charge in [-0.3, -0.25) is 19.3 Å². The van der Waals surface area contributed by atoms with Gasteiger partial charge < -0.3 is 5.32 Å². The maximum absolute atomic E-state index is 12.9. The number of nitrogens with zero attached hydrogens (tertiary/aromatic N) is 1. The topological polar surface area (TPSA) is 66.5 Å². The van der Waals surface area contributed by atoms with Crippen LogP contribution in [0.5, 0.6) is 0 Å². The monoisotopic (exact) mass is 370 g/mol. The summed E-state index contributed by atoms with van der Waals surface area (Å²) in [4.78, 5) is 39.4. The van der Waals surface area contributed by atoms with Crippen LogP contribution in [0.25, 0.3) is 0 Å². The number of anilines is 1. The molecule has 2 saturated carbocycles. The highest BCUT2D eigenvalue weighted by molar-refractivity contribution is 6.31. The average Bonchev–Trinajstić information content (AvgIpc) is 3.40. The van der Waals surface area contributed by atoms with E-state index in [1.807, 2.05) is 6.92 Å². The van der Waals surface area contributed by atoms with Gasteiger partial charge in [0, 0.05) is 10.7 Å². The SMILES string of the molecule is Cc1c(Cl)cccc1NC(=O)CN1C(=O)[C@@H]2[C@@H]3C=C[C@H]([C@H]4C[C@H]34)[C@@H]2C1=O. The first kappa shape index (κ1) is 16.1. The highest BCUT2D eigenvalue weighted by atomic mass is 35.5. The number of carbonyl (C=O) groups excluding carboxylic acids is 3. The minimum Gasteiger partial charge on any atom is -0.324 e. The van der Waals surface area contributed by atoms with Crippen molar-refractivity contribution < 1.29 is 14.4 Å². The molecule has 6 heteroatoms. The van der Waals surface area contributed by atoms with Gasteiger partial charge in [-0.15, -0.1) is 0 Å². The second kappa shape index (κ2) is 5.43. The molecule has 0 aromatic heterocycles. The Morgan fingerprint density at radius 2 is 1.77 bits per heavy atom. The van der Waals surface area contributed by atoms with Gasteiger partial charge in [-0.1, -0.05) is 29.8 Å². The van der Waals surface area contributed by atoms with E-state index in [0.717, 1.165) is 12.0 Å². The summed E-state index contributed by atoms with van der Waals surface area (Å²) in [6.07, 6.45) is 5.39. The summed E-state index contributed by atoms with van der Waals surface area (Å²) < 4.78 is 0. The number of likely N-dealkylation sites (tertiary alicyclic amines) is 1. The van der Waals surface area contributed by atoms with Gasteiger partial charge in [0.15, 0.2) is 0 Å². The molecule has 5 aliphatic rings. The van der Waals surface area contributed by atoms with Gasteiger partial charge in [0.05, 0.1) is 11.8 Å². The fourth-order valence-electron chi connectivity index (χ4n) is 5.25. The summed E-state index contributed by atoms with van der Waals surface area (Å²) >= 11 is 6.08. The molecule has 1 heterocycles. The summed E-state index contributed by atoms with van der Waals surface area (Å²) in [6, 6.07) is 5.25. The predicted octanol–water partition coefficient (Wildman–Crippen LogP) is 2.64. The quantitative estimate of drug-likeness (QED) is 0.657. The summed E-state index contributed by atoms with van der Waals surface area (Å²) in [6.45, 7) is 1.58. The largest absolute Gasteiger partial charge is 0.324 e. The third-order valence-electron chi connectivity index (χ3n) is 6.60. The van der Waals surface area contributed by atoms with E-state index < -0.39 is 0 Å². The Bertz CT molecular complexity index is 844. The molecule has 1 aliphatic heterocycles. The van der Waals surface area contributed by atoms with Crippen LogP contribution in [0.3, 0.4) is 0 Å². The lowest BCUT2D eigenvalue weighted by molar-refractivity contribution is -0.142. The summed E-state index contributed by atoms with van der Waals surface area (Å²) in [5.74, 6) is 0.219. The van der Waals surface area contributed by atoms with E-state index in [9.17, 15) is 14.4 Å². The van der Waals surface area contributed by atoms with Crippen LogP contribution in [0, 0.1) is 42.4 Å². The van der Waals surface area contributed by atoms with Gasteiger partial charge >= 0.3 is 0 Å². The molecule has 6 atom stereocenters. The van der Waals surface area contributed by atoms with Crippen LogP contribution in [0.2, 0.25) is 5.02 Å². The third kappa shape index (κ3) is 2.13. The van der Waals surface area contributed by atoms with E-state index in [1.165, 1.54) is 4.90 Å². The molecule has 0 spiro atoms. The fraction of sp³-hybridized carbons (Fsp3) is 0.450. The molecular weight excluding hydrogens is 352 g/mol. The molecule has 1 aromatic carbocycles. The highest BCUT2D eigenvalue weighted by Gasteiger charge is 2.67. The molecule has 26 heavy (non-hydrogen) atoms. The Labute approximate surface area is 156 Å². The smallest absolute Gasteiger partial charge is 0.244 e. The summed E-state index contributed by atoms with van der Waals surface area (Å²) in [5.41, 5.74) is 1.36. The molecule has 134 valence electrons. The van der Waals surface area contributed by atoms with E-state index in [2.05, 4.69) is 17.5 Å². The Morgan fingerprint density at radius 3 is 2.38 bits per heavy atom. The Hall–Kier alpha value is -2.14. The van der Waals surface area contributed by atoms with E-state index in [-0.39, 0.29) is 47.9 Å². The molecule has 4 aliphatic carbocycles. The molecule has 3 fully saturated rings. The first-order valence-corrected chi connectivity index (χ1v) is 9.43. The van der Waals surface area contributed by atoms with Gasteiger partial charge in [0.1, 0.15) is 6.54 Å². The maximum Gasteiger partial charge on any atom is 0.244 e. The van der Waals surface area contributed by atoms with Gasteiger partial charge in [0.25, 0.3) is 0 Å². The van der Waals surface area contributed by atoms with E-state index in [0.29, 0.717) is 22.5 Å². The van der Waals surface area contributed by atoms with Gasteiger partial charge in [-0.2, -0.15) is 0 Å². The zero-order valence-corrected chi connectivity index (χ0v) is 15.1. The highest BCUT2D eigenvalue weighted by Crippen LogP contribution is 2.65. The summed E-state index contributed by atoms with van der Waals surface area (Å²) in [5, 5.41) is 3.33. The number of hydrogen-bond donors (Lipinski definition) is 1. The number of imide groups is 1. The number of nitrogens with one attached hydrogen (secondary N) is 1. The first-order valence-electron chi connectivity index (χ1n) is 9.06. The van der Waals surface area contributed by atoms with Crippen molar-refractivity contribution in [2.45, 2.75) is 13.3 Å². The van der Waals surface area contributed by atoms with Gasteiger partial charge in [-0.25, -0.2) is 0 Å². The Morgan fingerprint density at radius 1 is 1.15 bits per heavy atom. The second-order valence-corrected chi connectivity index (χ2v) is 8.28. The van der Waals surface area contributed by atoms with E-state index in [4.69, 9.17) is 11.6 Å².